The van der Waals surface area contributed by atoms with Crippen LogP contribution in [0.15, 0.2) is 23.1 Å². The van der Waals surface area contributed by atoms with Gasteiger partial charge in [0, 0.05) is 35.8 Å². The maximum Gasteiger partial charge on any atom is 0.193 e. The van der Waals surface area contributed by atoms with Gasteiger partial charge in [0.05, 0.1) is 11.2 Å². The van der Waals surface area contributed by atoms with E-state index >= 15 is 0 Å². The molecule has 0 saturated heterocycles. The van der Waals surface area contributed by atoms with Gasteiger partial charge < -0.3 is 15.2 Å². The van der Waals surface area contributed by atoms with Gasteiger partial charge in [0.1, 0.15) is 5.82 Å². The average Bonchev–Trinajstić information content (AvgIpc) is 2.68. The minimum atomic E-state index is -0.331. The molecule has 3 rings (SSSR count). The highest BCUT2D eigenvalue weighted by molar-refractivity contribution is 5.83. The summed E-state index contributed by atoms with van der Waals surface area (Å²) >= 11 is 0. The van der Waals surface area contributed by atoms with Crippen LogP contribution in [0.25, 0.3) is 10.9 Å². The Balaban J connectivity index is 2.13. The highest BCUT2D eigenvalue weighted by Crippen LogP contribution is 2.29. The van der Waals surface area contributed by atoms with Gasteiger partial charge in [0.15, 0.2) is 5.43 Å². The Morgan fingerprint density at radius 1 is 1.19 bits per heavy atom. The normalized spacial score (nSPS) is 15.6. The molecular weight excluding hydrogens is 341 g/mol. The molecule has 2 N–H and O–H groups in total. The zero-order valence-electron chi connectivity index (χ0n) is 16.8. The Morgan fingerprint density at radius 2 is 1.89 bits per heavy atom. The quantitative estimate of drug-likeness (QED) is 0.721. The molecule has 1 fully saturated rings. The van der Waals surface area contributed by atoms with Crippen LogP contribution >= 0.6 is 0 Å². The summed E-state index contributed by atoms with van der Waals surface area (Å²) in [5.41, 5.74) is 1.96. The molecule has 0 spiro atoms. The van der Waals surface area contributed by atoms with E-state index in [4.69, 9.17) is 0 Å². The van der Waals surface area contributed by atoms with Crippen molar-refractivity contribution in [2.45, 2.75) is 77.4 Å². The fourth-order valence-corrected chi connectivity index (χ4v) is 4.30. The van der Waals surface area contributed by atoms with Gasteiger partial charge in [-0.15, -0.1) is 0 Å². The summed E-state index contributed by atoms with van der Waals surface area (Å²) in [7, 11) is 1.82. The van der Waals surface area contributed by atoms with Gasteiger partial charge in [-0.1, -0.05) is 33.1 Å². The summed E-state index contributed by atoms with van der Waals surface area (Å²) in [6, 6.07) is 3.89. The van der Waals surface area contributed by atoms with Crippen LogP contribution in [-0.4, -0.2) is 17.7 Å². The molecule has 1 heterocycles. The van der Waals surface area contributed by atoms with E-state index in [0.29, 0.717) is 29.2 Å². The Hall–Kier alpha value is -1.88. The van der Waals surface area contributed by atoms with E-state index in [-0.39, 0.29) is 17.3 Å². The summed E-state index contributed by atoms with van der Waals surface area (Å²) < 4.78 is 17.0. The second-order valence-electron chi connectivity index (χ2n) is 7.72. The molecule has 0 unspecified atom stereocenters. The smallest absolute Gasteiger partial charge is 0.193 e. The summed E-state index contributed by atoms with van der Waals surface area (Å²) in [5, 5.41) is 6.93. The molecule has 148 valence electrons. The molecule has 0 atom stereocenters. The van der Waals surface area contributed by atoms with Crippen molar-refractivity contribution in [2.24, 2.45) is 0 Å². The molecule has 1 aliphatic carbocycles. The first-order chi connectivity index (χ1) is 13.1. The highest BCUT2D eigenvalue weighted by atomic mass is 19.1. The maximum absolute atomic E-state index is 14.8. The zero-order chi connectivity index (χ0) is 19.4. The lowest BCUT2D eigenvalue weighted by atomic mass is 9.95. The van der Waals surface area contributed by atoms with Crippen LogP contribution < -0.4 is 16.1 Å². The number of nitrogens with zero attached hydrogens (tertiary/aromatic N) is 1. The van der Waals surface area contributed by atoms with Crippen molar-refractivity contribution >= 4 is 16.6 Å². The Bertz CT molecular complexity index is 836. The monoisotopic (exact) mass is 373 g/mol. The molecule has 0 amide bonds. The summed E-state index contributed by atoms with van der Waals surface area (Å²) in [5.74, 6) is -0.331. The topological polar surface area (TPSA) is 46.1 Å². The second-order valence-corrected chi connectivity index (χ2v) is 7.72. The van der Waals surface area contributed by atoms with E-state index in [1.807, 2.05) is 19.3 Å². The van der Waals surface area contributed by atoms with Crippen molar-refractivity contribution in [1.82, 2.24) is 9.88 Å². The van der Waals surface area contributed by atoms with Crippen molar-refractivity contribution in [2.75, 3.05) is 12.4 Å². The molecule has 0 aliphatic heterocycles. The number of rotatable bonds is 7. The number of pyridine rings is 1. The molecule has 1 saturated carbocycles. The molecule has 1 aromatic carbocycles. The number of hydrogen-bond donors (Lipinski definition) is 2. The predicted molar refractivity (Wildman–Crippen MR) is 111 cm³/mol. The molecule has 1 aromatic heterocycles. The minimum absolute atomic E-state index is 0.0790. The predicted octanol–water partition coefficient (Wildman–Crippen LogP) is 4.97. The Morgan fingerprint density at radius 3 is 2.52 bits per heavy atom. The van der Waals surface area contributed by atoms with E-state index in [0.717, 1.165) is 31.2 Å². The van der Waals surface area contributed by atoms with Crippen LogP contribution in [0.5, 0.6) is 0 Å². The Kier molecular flexibility index (Phi) is 6.53. The first-order valence-corrected chi connectivity index (χ1v) is 10.4. The molecule has 1 aliphatic rings. The number of fused-ring (bicyclic) bond motifs is 1. The van der Waals surface area contributed by atoms with Crippen molar-refractivity contribution in [1.29, 1.82) is 0 Å². The SMILES string of the molecule is CCC(CC)n1cc(CNC)c(=O)c2cc(F)c(NC3CCCCC3)cc21. The second kappa shape index (κ2) is 8.87. The lowest BCUT2D eigenvalue weighted by Gasteiger charge is -2.25. The molecule has 0 radical (unpaired) electrons. The van der Waals surface area contributed by atoms with Crippen molar-refractivity contribution < 1.29 is 4.39 Å². The van der Waals surface area contributed by atoms with Gasteiger partial charge in [0.2, 0.25) is 0 Å². The highest BCUT2D eigenvalue weighted by Gasteiger charge is 2.19. The van der Waals surface area contributed by atoms with Gasteiger partial charge in [0.25, 0.3) is 0 Å². The number of aromatic nitrogens is 1. The third-order valence-electron chi connectivity index (χ3n) is 5.86. The summed E-state index contributed by atoms with van der Waals surface area (Å²) in [4.78, 5) is 12.9. The molecule has 0 bridgehead atoms. The van der Waals surface area contributed by atoms with E-state index in [1.165, 1.54) is 25.3 Å². The van der Waals surface area contributed by atoms with Crippen molar-refractivity contribution in [3.63, 3.8) is 0 Å². The van der Waals surface area contributed by atoms with E-state index < -0.39 is 0 Å². The van der Waals surface area contributed by atoms with E-state index in [2.05, 4.69) is 29.0 Å². The maximum atomic E-state index is 14.8. The zero-order valence-corrected chi connectivity index (χ0v) is 16.8. The van der Waals surface area contributed by atoms with E-state index in [9.17, 15) is 9.18 Å². The van der Waals surface area contributed by atoms with Crippen molar-refractivity contribution in [3.05, 3.63) is 39.9 Å². The number of halogens is 1. The first-order valence-electron chi connectivity index (χ1n) is 10.4. The van der Waals surface area contributed by atoms with Gasteiger partial charge in [-0.05, 0) is 44.9 Å². The molecule has 5 heteroatoms. The molecular formula is C22H32FN3O. The van der Waals surface area contributed by atoms with Gasteiger partial charge in [-0.2, -0.15) is 0 Å². The van der Waals surface area contributed by atoms with Crippen molar-refractivity contribution in [3.8, 4) is 0 Å². The summed E-state index contributed by atoms with van der Waals surface area (Å²) in [6.45, 7) is 4.79. The number of benzene rings is 1. The number of hydrogen-bond acceptors (Lipinski definition) is 3. The molecule has 4 nitrogen and oxygen atoms in total. The fraction of sp³-hybridized carbons (Fsp3) is 0.591. The van der Waals surface area contributed by atoms with Gasteiger partial charge in [-0.3, -0.25) is 4.79 Å². The largest absolute Gasteiger partial charge is 0.380 e. The molecule has 27 heavy (non-hydrogen) atoms. The third-order valence-corrected chi connectivity index (χ3v) is 5.86. The minimum Gasteiger partial charge on any atom is -0.380 e. The summed E-state index contributed by atoms with van der Waals surface area (Å²) in [6.07, 6.45) is 9.71. The van der Waals surface area contributed by atoms with Crippen LogP contribution in [-0.2, 0) is 6.54 Å². The average molecular weight is 374 g/mol. The van der Waals surface area contributed by atoms with Crippen LogP contribution in [0, 0.1) is 5.82 Å². The number of anilines is 1. The first kappa shape index (κ1) is 19.9. The fourth-order valence-electron chi connectivity index (χ4n) is 4.30. The van der Waals surface area contributed by atoms with Crippen LogP contribution in [0.2, 0.25) is 0 Å². The van der Waals surface area contributed by atoms with Crippen LogP contribution in [0.3, 0.4) is 0 Å². The molecule has 2 aromatic rings. The third kappa shape index (κ3) is 4.18. The lowest BCUT2D eigenvalue weighted by molar-refractivity contribution is 0.460. The number of nitrogens with one attached hydrogen (secondary N) is 2. The van der Waals surface area contributed by atoms with Gasteiger partial charge >= 0.3 is 0 Å². The van der Waals surface area contributed by atoms with Crippen LogP contribution in [0.4, 0.5) is 10.1 Å². The standard InChI is InChI=1S/C22H32FN3O/c1-4-17(5-2)26-14-15(13-24-3)22(27)18-11-19(23)20(12-21(18)26)25-16-9-7-6-8-10-16/h11-12,14,16-17,24-25H,4-10,13H2,1-3H3. The van der Waals surface area contributed by atoms with E-state index in [1.54, 1.807) is 0 Å². The van der Waals surface area contributed by atoms with Gasteiger partial charge in [-0.25, -0.2) is 4.39 Å². The lowest BCUT2D eigenvalue weighted by Crippen LogP contribution is -2.24. The Labute approximate surface area is 161 Å². The van der Waals surface area contributed by atoms with Crippen LogP contribution in [0.1, 0.15) is 70.4 Å².